The molecule has 2 N–H and O–H groups in total. The minimum atomic E-state index is -0.438. The molecule has 31 heavy (non-hydrogen) atoms. The summed E-state index contributed by atoms with van der Waals surface area (Å²) in [6, 6.07) is 9.86. The standard InChI is InChI=1S/C22H29N5O4/c1-15-24-20(31-26-15)22-11-18(10-17(22)12-27(14-22)19(28)13-30-2)25-21(29)23-9-8-16-6-4-3-5-7-16/h3-7,17-18H,8-14H2,1-2H3,(H2,23,25,29)/t17-,18+,22-/m0/s1. The van der Waals surface area contributed by atoms with E-state index in [0.717, 1.165) is 12.8 Å². The molecule has 166 valence electrons. The number of aryl methyl sites for hydroxylation is 1. The molecule has 1 aromatic carbocycles. The van der Waals surface area contributed by atoms with Crippen molar-refractivity contribution in [1.29, 1.82) is 0 Å². The fraction of sp³-hybridized carbons (Fsp3) is 0.545. The van der Waals surface area contributed by atoms with Crippen LogP contribution in [0.2, 0.25) is 0 Å². The Morgan fingerprint density at radius 3 is 2.84 bits per heavy atom. The number of urea groups is 1. The van der Waals surface area contributed by atoms with Crippen LogP contribution < -0.4 is 10.6 Å². The predicted octanol–water partition coefficient (Wildman–Crippen LogP) is 1.42. The first-order valence-electron chi connectivity index (χ1n) is 10.7. The van der Waals surface area contributed by atoms with E-state index in [-0.39, 0.29) is 30.5 Å². The normalized spacial score (nSPS) is 24.8. The van der Waals surface area contributed by atoms with Gasteiger partial charge in [0.25, 0.3) is 0 Å². The Morgan fingerprint density at radius 1 is 1.32 bits per heavy atom. The highest BCUT2D eigenvalue weighted by molar-refractivity contribution is 5.78. The molecule has 1 saturated heterocycles. The number of amides is 3. The number of carbonyl (C=O) groups is 2. The molecule has 0 spiro atoms. The van der Waals surface area contributed by atoms with Crippen LogP contribution in [-0.4, -0.2) is 66.4 Å². The smallest absolute Gasteiger partial charge is 0.315 e. The van der Waals surface area contributed by atoms with Crippen molar-refractivity contribution in [3.63, 3.8) is 0 Å². The summed E-state index contributed by atoms with van der Waals surface area (Å²) in [5.41, 5.74) is 0.747. The van der Waals surface area contributed by atoms with Crippen molar-refractivity contribution in [3.05, 3.63) is 47.6 Å². The molecule has 2 aromatic rings. The Balaban J connectivity index is 1.37. The van der Waals surface area contributed by atoms with E-state index in [1.165, 1.54) is 12.7 Å². The van der Waals surface area contributed by atoms with E-state index in [4.69, 9.17) is 9.26 Å². The topological polar surface area (TPSA) is 110 Å². The zero-order valence-corrected chi connectivity index (χ0v) is 18.0. The highest BCUT2D eigenvalue weighted by atomic mass is 16.5. The number of hydrogen-bond acceptors (Lipinski definition) is 6. The Hall–Kier alpha value is -2.94. The summed E-state index contributed by atoms with van der Waals surface area (Å²) in [7, 11) is 1.52. The summed E-state index contributed by atoms with van der Waals surface area (Å²) in [5.74, 6) is 1.22. The lowest BCUT2D eigenvalue weighted by Crippen LogP contribution is -2.44. The first kappa shape index (κ1) is 21.3. The highest BCUT2D eigenvalue weighted by Gasteiger charge is 2.58. The van der Waals surface area contributed by atoms with Crippen LogP contribution in [0.15, 0.2) is 34.9 Å². The van der Waals surface area contributed by atoms with Gasteiger partial charge in [0.15, 0.2) is 5.82 Å². The van der Waals surface area contributed by atoms with E-state index in [2.05, 4.69) is 20.8 Å². The average molecular weight is 428 g/mol. The second kappa shape index (κ2) is 9.05. The molecule has 1 aliphatic heterocycles. The van der Waals surface area contributed by atoms with Gasteiger partial charge in [-0.05, 0) is 37.7 Å². The zero-order valence-electron chi connectivity index (χ0n) is 18.0. The third-order valence-electron chi connectivity index (χ3n) is 6.33. The van der Waals surface area contributed by atoms with Crippen LogP contribution in [0.5, 0.6) is 0 Å². The predicted molar refractivity (Wildman–Crippen MR) is 112 cm³/mol. The summed E-state index contributed by atoms with van der Waals surface area (Å²) in [6.07, 6.45) is 2.19. The maximum Gasteiger partial charge on any atom is 0.315 e. The van der Waals surface area contributed by atoms with E-state index in [0.29, 0.717) is 37.8 Å². The number of hydrogen-bond donors (Lipinski definition) is 2. The van der Waals surface area contributed by atoms with Crippen molar-refractivity contribution in [2.75, 3.05) is 33.4 Å². The zero-order chi connectivity index (χ0) is 21.8. The number of nitrogens with zero attached hydrogens (tertiary/aromatic N) is 3. The number of rotatable bonds is 7. The van der Waals surface area contributed by atoms with Crippen molar-refractivity contribution in [2.24, 2.45) is 5.92 Å². The van der Waals surface area contributed by atoms with Gasteiger partial charge in [-0.15, -0.1) is 0 Å². The fourth-order valence-corrected chi connectivity index (χ4v) is 4.92. The van der Waals surface area contributed by atoms with Gasteiger partial charge in [0.2, 0.25) is 11.8 Å². The number of aromatic nitrogens is 2. The SMILES string of the molecule is COCC(=O)N1C[C@@H]2C[C@@H](NC(=O)NCCc3ccccc3)C[C@]2(c2nc(C)no2)C1. The van der Waals surface area contributed by atoms with E-state index in [1.807, 2.05) is 35.2 Å². The van der Waals surface area contributed by atoms with Crippen LogP contribution in [0.4, 0.5) is 4.79 Å². The Labute approximate surface area is 181 Å². The van der Waals surface area contributed by atoms with Gasteiger partial charge < -0.3 is 24.8 Å². The molecule has 2 fully saturated rings. The molecule has 9 nitrogen and oxygen atoms in total. The van der Waals surface area contributed by atoms with Gasteiger partial charge in [-0.1, -0.05) is 35.5 Å². The third-order valence-corrected chi connectivity index (χ3v) is 6.33. The van der Waals surface area contributed by atoms with E-state index < -0.39 is 5.41 Å². The number of benzene rings is 1. The molecule has 3 amide bonds. The molecule has 2 aliphatic rings. The van der Waals surface area contributed by atoms with Gasteiger partial charge in [-0.3, -0.25) is 4.79 Å². The monoisotopic (exact) mass is 427 g/mol. The summed E-state index contributed by atoms with van der Waals surface area (Å²) < 4.78 is 10.6. The summed E-state index contributed by atoms with van der Waals surface area (Å²) in [4.78, 5) is 31.2. The van der Waals surface area contributed by atoms with Crippen molar-refractivity contribution in [3.8, 4) is 0 Å². The van der Waals surface area contributed by atoms with E-state index in [9.17, 15) is 9.59 Å². The first-order chi connectivity index (χ1) is 15.0. The van der Waals surface area contributed by atoms with Crippen LogP contribution in [0.25, 0.3) is 0 Å². The first-order valence-corrected chi connectivity index (χ1v) is 10.7. The maximum atomic E-state index is 12.5. The molecule has 9 heteroatoms. The largest absolute Gasteiger partial charge is 0.375 e. The van der Waals surface area contributed by atoms with Gasteiger partial charge in [-0.25, -0.2) is 4.79 Å². The second-order valence-corrected chi connectivity index (χ2v) is 8.48. The second-order valence-electron chi connectivity index (χ2n) is 8.48. The molecule has 1 aliphatic carbocycles. The van der Waals surface area contributed by atoms with Gasteiger partial charge in [0.1, 0.15) is 6.61 Å². The van der Waals surface area contributed by atoms with Gasteiger partial charge in [-0.2, -0.15) is 4.98 Å². The van der Waals surface area contributed by atoms with E-state index >= 15 is 0 Å². The number of nitrogens with one attached hydrogen (secondary N) is 2. The van der Waals surface area contributed by atoms with Gasteiger partial charge in [0.05, 0.1) is 5.41 Å². The Kier molecular flexibility index (Phi) is 6.22. The number of ether oxygens (including phenoxy) is 1. The van der Waals surface area contributed by atoms with Crippen molar-refractivity contribution < 1.29 is 18.8 Å². The lowest BCUT2D eigenvalue weighted by molar-refractivity contribution is -0.134. The summed E-state index contributed by atoms with van der Waals surface area (Å²) >= 11 is 0. The Morgan fingerprint density at radius 2 is 2.13 bits per heavy atom. The number of likely N-dealkylation sites (tertiary alicyclic amines) is 1. The van der Waals surface area contributed by atoms with Crippen molar-refractivity contribution >= 4 is 11.9 Å². The molecule has 0 bridgehead atoms. The summed E-state index contributed by atoms with van der Waals surface area (Å²) in [6.45, 7) is 3.50. The molecule has 0 radical (unpaired) electrons. The van der Waals surface area contributed by atoms with Gasteiger partial charge in [0, 0.05) is 32.8 Å². The molecule has 0 unspecified atom stereocenters. The molecule has 3 atom stereocenters. The molecule has 1 saturated carbocycles. The molecule has 4 rings (SSSR count). The van der Waals surface area contributed by atoms with Crippen LogP contribution in [0.1, 0.15) is 30.1 Å². The van der Waals surface area contributed by atoms with E-state index in [1.54, 1.807) is 6.92 Å². The number of fused-ring (bicyclic) bond motifs is 1. The van der Waals surface area contributed by atoms with Crippen molar-refractivity contribution in [2.45, 2.75) is 37.6 Å². The molecular formula is C22H29N5O4. The lowest BCUT2D eigenvalue weighted by Gasteiger charge is -2.25. The number of methoxy groups -OCH3 is 1. The van der Waals surface area contributed by atoms with Gasteiger partial charge >= 0.3 is 6.03 Å². The maximum absolute atomic E-state index is 12.5. The summed E-state index contributed by atoms with van der Waals surface area (Å²) in [5, 5.41) is 10.0. The molecule has 1 aromatic heterocycles. The Bertz CT molecular complexity index is 918. The molecule has 2 heterocycles. The van der Waals surface area contributed by atoms with Crippen LogP contribution >= 0.6 is 0 Å². The van der Waals surface area contributed by atoms with Crippen LogP contribution in [0, 0.1) is 12.8 Å². The quantitative estimate of drug-likeness (QED) is 0.692. The average Bonchev–Trinajstić information content (AvgIpc) is 3.41. The highest BCUT2D eigenvalue weighted by Crippen LogP contribution is 2.50. The fourth-order valence-electron chi connectivity index (χ4n) is 4.92. The molecular weight excluding hydrogens is 398 g/mol. The minimum absolute atomic E-state index is 0.0198. The van der Waals surface area contributed by atoms with Crippen molar-refractivity contribution in [1.82, 2.24) is 25.7 Å². The number of carbonyl (C=O) groups excluding carboxylic acids is 2. The minimum Gasteiger partial charge on any atom is -0.375 e. The van der Waals surface area contributed by atoms with Crippen LogP contribution in [0.3, 0.4) is 0 Å². The lowest BCUT2D eigenvalue weighted by atomic mass is 9.80. The third kappa shape index (κ3) is 4.56. The van der Waals surface area contributed by atoms with Crippen LogP contribution in [-0.2, 0) is 21.4 Å².